The van der Waals surface area contributed by atoms with Gasteiger partial charge in [-0.25, -0.2) is 9.97 Å². The van der Waals surface area contributed by atoms with Crippen LogP contribution >= 0.6 is 0 Å². The summed E-state index contributed by atoms with van der Waals surface area (Å²) < 4.78 is 0. The number of benzene rings is 3. The largest absolute Gasteiger partial charge is 0.399 e. The number of aromatic nitrogens is 2. The van der Waals surface area contributed by atoms with Crippen LogP contribution < -0.4 is 11.1 Å². The third-order valence-electron chi connectivity index (χ3n) is 4.77. The Morgan fingerprint density at radius 2 is 1.60 bits per heavy atom. The van der Waals surface area contributed by atoms with Gasteiger partial charge in [-0.3, -0.25) is 4.79 Å². The molecule has 0 aliphatic carbocycles. The predicted molar refractivity (Wildman–Crippen MR) is 121 cm³/mol. The zero-order valence-corrected chi connectivity index (χ0v) is 16.7. The van der Waals surface area contributed by atoms with Gasteiger partial charge in [-0.2, -0.15) is 0 Å². The first kappa shape index (κ1) is 19.3. The zero-order chi connectivity index (χ0) is 20.9. The van der Waals surface area contributed by atoms with Crippen molar-refractivity contribution >= 4 is 17.4 Å². The van der Waals surface area contributed by atoms with Gasteiger partial charge in [0.2, 0.25) is 5.91 Å². The van der Waals surface area contributed by atoms with Crippen molar-refractivity contribution in [3.8, 4) is 22.5 Å². The summed E-state index contributed by atoms with van der Waals surface area (Å²) in [6, 6.07) is 25.1. The fourth-order valence-electron chi connectivity index (χ4n) is 3.14. The number of nitrogens with zero attached hydrogens (tertiary/aromatic N) is 2. The summed E-state index contributed by atoms with van der Waals surface area (Å²) >= 11 is 0. The van der Waals surface area contributed by atoms with E-state index in [9.17, 15) is 4.79 Å². The Kier molecular flexibility index (Phi) is 5.52. The summed E-state index contributed by atoms with van der Waals surface area (Å²) in [5.41, 5.74) is 11.7. The minimum absolute atomic E-state index is 0.134. The van der Waals surface area contributed by atoms with Gasteiger partial charge >= 0.3 is 0 Å². The average molecular weight is 394 g/mol. The van der Waals surface area contributed by atoms with Gasteiger partial charge in [-0.15, -0.1) is 0 Å². The fourth-order valence-corrected chi connectivity index (χ4v) is 3.14. The molecule has 0 bridgehead atoms. The number of carbonyl (C=O) groups excluding carboxylic acids is 1. The molecule has 0 spiro atoms. The minimum atomic E-state index is -0.134. The molecule has 4 rings (SSSR count). The summed E-state index contributed by atoms with van der Waals surface area (Å²) in [6.07, 6.45) is 1.94. The van der Waals surface area contributed by atoms with Gasteiger partial charge in [0.15, 0.2) is 5.82 Å². The van der Waals surface area contributed by atoms with Crippen molar-refractivity contribution in [2.45, 2.75) is 13.3 Å². The first-order chi connectivity index (χ1) is 14.6. The van der Waals surface area contributed by atoms with Crippen LogP contribution in [0.25, 0.3) is 22.5 Å². The fraction of sp³-hybridized carbons (Fsp3) is 0.0800. The van der Waals surface area contributed by atoms with Crippen molar-refractivity contribution in [2.75, 3.05) is 11.1 Å². The average Bonchev–Trinajstić information content (AvgIpc) is 2.77. The molecule has 148 valence electrons. The van der Waals surface area contributed by atoms with Crippen LogP contribution in [0.15, 0.2) is 85.1 Å². The normalized spacial score (nSPS) is 10.6. The molecule has 1 amide bonds. The number of carbonyl (C=O) groups is 1. The smallest absolute Gasteiger partial charge is 0.230 e. The molecule has 0 fully saturated rings. The van der Waals surface area contributed by atoms with E-state index in [1.165, 1.54) is 0 Å². The highest BCUT2D eigenvalue weighted by Gasteiger charge is 2.14. The highest BCUT2D eigenvalue weighted by molar-refractivity contribution is 5.94. The maximum Gasteiger partial charge on any atom is 0.230 e. The Hall–Kier alpha value is -3.99. The lowest BCUT2D eigenvalue weighted by Crippen LogP contribution is -2.16. The van der Waals surface area contributed by atoms with Gasteiger partial charge < -0.3 is 11.1 Å². The SMILES string of the molecule is Cc1ccc(CC(=O)Nc2ncc(-c3ccc(N)cc3)nc2-c2ccccc2)cc1. The van der Waals surface area contributed by atoms with E-state index in [1.807, 2.05) is 85.8 Å². The number of nitrogens with one attached hydrogen (secondary N) is 1. The second-order valence-corrected chi connectivity index (χ2v) is 7.15. The predicted octanol–water partition coefficient (Wildman–Crippen LogP) is 4.88. The number of rotatable bonds is 5. The van der Waals surface area contributed by atoms with Gasteiger partial charge in [0.1, 0.15) is 5.69 Å². The van der Waals surface area contributed by atoms with Gasteiger partial charge in [-0.05, 0) is 24.6 Å². The van der Waals surface area contributed by atoms with E-state index < -0.39 is 0 Å². The molecule has 0 unspecified atom stereocenters. The second-order valence-electron chi connectivity index (χ2n) is 7.15. The summed E-state index contributed by atoms with van der Waals surface area (Å²) in [4.78, 5) is 22.0. The first-order valence-corrected chi connectivity index (χ1v) is 9.72. The Balaban J connectivity index is 1.65. The molecule has 5 nitrogen and oxygen atoms in total. The number of hydrogen-bond donors (Lipinski definition) is 2. The Morgan fingerprint density at radius 3 is 2.30 bits per heavy atom. The van der Waals surface area contributed by atoms with Crippen molar-refractivity contribution in [3.05, 3.63) is 96.2 Å². The Morgan fingerprint density at radius 1 is 0.900 bits per heavy atom. The number of amides is 1. The number of nitrogens with two attached hydrogens (primary N) is 1. The standard InChI is InChI=1S/C25H22N4O/c1-17-7-9-18(10-8-17)15-23(30)29-25-24(20-5-3-2-4-6-20)28-22(16-27-25)19-11-13-21(26)14-12-19/h2-14,16H,15,26H2,1H3,(H,27,29,30). The number of aryl methyl sites for hydroxylation is 1. The van der Waals surface area contributed by atoms with Gasteiger partial charge in [0.25, 0.3) is 0 Å². The molecule has 0 radical (unpaired) electrons. The molecule has 3 N–H and O–H groups in total. The van der Waals surface area contributed by atoms with E-state index in [-0.39, 0.29) is 12.3 Å². The van der Waals surface area contributed by atoms with Crippen molar-refractivity contribution in [1.29, 1.82) is 0 Å². The Bertz CT molecular complexity index is 1150. The quantitative estimate of drug-likeness (QED) is 0.473. The molecule has 30 heavy (non-hydrogen) atoms. The van der Waals surface area contributed by atoms with Crippen molar-refractivity contribution in [2.24, 2.45) is 0 Å². The molecule has 0 saturated heterocycles. The molecule has 4 aromatic rings. The van der Waals surface area contributed by atoms with Crippen molar-refractivity contribution in [3.63, 3.8) is 0 Å². The Labute approximate surface area is 175 Å². The maximum atomic E-state index is 12.6. The molecule has 0 aliphatic rings. The molecule has 0 atom stereocenters. The molecule has 3 aromatic carbocycles. The van der Waals surface area contributed by atoms with Crippen LogP contribution in [0.4, 0.5) is 11.5 Å². The zero-order valence-electron chi connectivity index (χ0n) is 16.7. The number of hydrogen-bond acceptors (Lipinski definition) is 4. The van der Waals surface area contributed by atoms with E-state index in [1.54, 1.807) is 6.20 Å². The molecule has 0 aliphatic heterocycles. The van der Waals surface area contributed by atoms with Gasteiger partial charge in [0, 0.05) is 16.8 Å². The number of nitrogen functional groups attached to an aromatic ring is 1. The van der Waals surface area contributed by atoms with E-state index in [0.717, 1.165) is 22.3 Å². The molecule has 5 heteroatoms. The number of anilines is 2. The van der Waals surface area contributed by atoms with Crippen molar-refractivity contribution in [1.82, 2.24) is 9.97 Å². The van der Waals surface area contributed by atoms with E-state index in [2.05, 4.69) is 10.3 Å². The van der Waals surface area contributed by atoms with Crippen LogP contribution in [0.3, 0.4) is 0 Å². The van der Waals surface area contributed by atoms with Gasteiger partial charge in [-0.1, -0.05) is 72.3 Å². The topological polar surface area (TPSA) is 80.9 Å². The van der Waals surface area contributed by atoms with E-state index in [4.69, 9.17) is 10.7 Å². The van der Waals surface area contributed by atoms with Crippen LogP contribution in [-0.4, -0.2) is 15.9 Å². The third kappa shape index (κ3) is 4.52. The van der Waals surface area contributed by atoms with Crippen LogP contribution in [0.2, 0.25) is 0 Å². The highest BCUT2D eigenvalue weighted by atomic mass is 16.1. The summed E-state index contributed by atoms with van der Waals surface area (Å²) in [5, 5.41) is 2.93. The maximum absolute atomic E-state index is 12.6. The lowest BCUT2D eigenvalue weighted by molar-refractivity contribution is -0.115. The van der Waals surface area contributed by atoms with E-state index in [0.29, 0.717) is 22.9 Å². The van der Waals surface area contributed by atoms with Crippen LogP contribution in [-0.2, 0) is 11.2 Å². The van der Waals surface area contributed by atoms with Crippen molar-refractivity contribution < 1.29 is 4.79 Å². The minimum Gasteiger partial charge on any atom is -0.399 e. The third-order valence-corrected chi connectivity index (χ3v) is 4.77. The van der Waals surface area contributed by atoms with E-state index >= 15 is 0 Å². The first-order valence-electron chi connectivity index (χ1n) is 9.72. The highest BCUT2D eigenvalue weighted by Crippen LogP contribution is 2.28. The molecule has 0 saturated carbocycles. The lowest BCUT2D eigenvalue weighted by atomic mass is 10.1. The van der Waals surface area contributed by atoms with Crippen LogP contribution in [0.5, 0.6) is 0 Å². The lowest BCUT2D eigenvalue weighted by Gasteiger charge is -2.12. The molecular formula is C25H22N4O. The second kappa shape index (κ2) is 8.57. The summed E-state index contributed by atoms with van der Waals surface area (Å²) in [7, 11) is 0. The van der Waals surface area contributed by atoms with Crippen LogP contribution in [0, 0.1) is 6.92 Å². The molecule has 1 aromatic heterocycles. The summed E-state index contributed by atoms with van der Waals surface area (Å²) in [5.74, 6) is 0.308. The summed E-state index contributed by atoms with van der Waals surface area (Å²) in [6.45, 7) is 2.02. The molecular weight excluding hydrogens is 372 g/mol. The monoisotopic (exact) mass is 394 g/mol. The van der Waals surface area contributed by atoms with Gasteiger partial charge in [0.05, 0.1) is 18.3 Å². The molecule has 1 heterocycles. The van der Waals surface area contributed by atoms with Crippen LogP contribution in [0.1, 0.15) is 11.1 Å².